The van der Waals surface area contributed by atoms with Crippen LogP contribution in [0.4, 0.5) is 0 Å². The van der Waals surface area contributed by atoms with Crippen LogP contribution in [-0.4, -0.2) is 12.8 Å². The molecule has 0 saturated carbocycles. The molecule has 0 N–H and O–H groups in total. The van der Waals surface area contributed by atoms with Crippen LogP contribution in [-0.2, 0) is 0 Å². The van der Waals surface area contributed by atoms with Gasteiger partial charge in [0.05, 0.1) is 5.57 Å². The molecule has 0 amide bonds. The van der Waals surface area contributed by atoms with E-state index in [-0.39, 0.29) is 0 Å². The number of hydrogen-bond donors (Lipinski definition) is 0. The average molecular weight is 136 g/mol. The number of nitrogens with zero attached hydrogens (tertiary/aromatic N) is 2. The first-order valence-corrected chi connectivity index (χ1v) is 3.14. The molecule has 0 heterocycles. The summed E-state index contributed by atoms with van der Waals surface area (Å²) in [4.78, 5) is 3.92. The van der Waals surface area contributed by atoms with Crippen molar-refractivity contribution in [2.45, 2.75) is 20.8 Å². The zero-order valence-electron chi connectivity index (χ0n) is 6.89. The van der Waals surface area contributed by atoms with Gasteiger partial charge in [-0.25, -0.2) is 0 Å². The fourth-order valence-corrected chi connectivity index (χ4v) is 0.666. The molecular weight excluding hydrogens is 124 g/mol. The normalized spacial score (nSPS) is 10.5. The van der Waals surface area contributed by atoms with Crippen molar-refractivity contribution in [3.63, 3.8) is 0 Å². The van der Waals surface area contributed by atoms with Crippen molar-refractivity contribution in [3.8, 4) is 6.07 Å². The van der Waals surface area contributed by atoms with Crippen LogP contribution in [0.1, 0.15) is 20.8 Å². The van der Waals surface area contributed by atoms with Gasteiger partial charge in [-0.1, -0.05) is 5.57 Å². The summed E-state index contributed by atoms with van der Waals surface area (Å²) in [7, 11) is 1.69. The predicted molar refractivity (Wildman–Crippen MR) is 43.0 cm³/mol. The topological polar surface area (TPSA) is 36.1 Å². The van der Waals surface area contributed by atoms with Gasteiger partial charge in [0.25, 0.3) is 0 Å². The van der Waals surface area contributed by atoms with Crippen LogP contribution in [0, 0.1) is 11.3 Å². The van der Waals surface area contributed by atoms with E-state index in [0.29, 0.717) is 5.57 Å². The van der Waals surface area contributed by atoms with E-state index < -0.39 is 0 Å². The Hall–Kier alpha value is -1.10. The fraction of sp³-hybridized carbons (Fsp3) is 0.500. The van der Waals surface area contributed by atoms with E-state index in [9.17, 15) is 0 Å². The number of allylic oxidation sites excluding steroid dienone is 2. The molecule has 0 spiro atoms. The van der Waals surface area contributed by atoms with Crippen molar-refractivity contribution >= 4 is 5.71 Å². The van der Waals surface area contributed by atoms with Crippen molar-refractivity contribution in [3.05, 3.63) is 11.1 Å². The quantitative estimate of drug-likeness (QED) is 0.401. The molecule has 0 aromatic rings. The van der Waals surface area contributed by atoms with Gasteiger partial charge in [0.2, 0.25) is 0 Å². The van der Waals surface area contributed by atoms with Crippen LogP contribution in [0.3, 0.4) is 0 Å². The van der Waals surface area contributed by atoms with Gasteiger partial charge in [0, 0.05) is 12.8 Å². The van der Waals surface area contributed by atoms with Crippen LogP contribution in [0.25, 0.3) is 0 Å². The van der Waals surface area contributed by atoms with Gasteiger partial charge < -0.3 is 0 Å². The van der Waals surface area contributed by atoms with Crippen molar-refractivity contribution in [1.82, 2.24) is 0 Å². The lowest BCUT2D eigenvalue weighted by Gasteiger charge is -1.96. The fourth-order valence-electron chi connectivity index (χ4n) is 0.666. The first-order chi connectivity index (χ1) is 4.63. The molecule has 0 fully saturated rings. The molecule has 0 aliphatic carbocycles. The lowest BCUT2D eigenvalue weighted by Crippen LogP contribution is -1.96. The summed E-state index contributed by atoms with van der Waals surface area (Å²) in [5, 5.41) is 8.61. The Balaban J connectivity index is 4.77. The van der Waals surface area contributed by atoms with Crippen molar-refractivity contribution in [2.75, 3.05) is 7.05 Å². The van der Waals surface area contributed by atoms with E-state index in [2.05, 4.69) is 11.1 Å². The van der Waals surface area contributed by atoms with Crippen molar-refractivity contribution < 1.29 is 0 Å². The van der Waals surface area contributed by atoms with E-state index in [1.807, 2.05) is 20.8 Å². The van der Waals surface area contributed by atoms with Gasteiger partial charge in [-0.15, -0.1) is 0 Å². The molecule has 54 valence electrons. The largest absolute Gasteiger partial charge is 0.292 e. The van der Waals surface area contributed by atoms with Crippen molar-refractivity contribution in [1.29, 1.82) is 5.26 Å². The predicted octanol–water partition coefficient (Wildman–Crippen LogP) is 1.94. The third kappa shape index (κ3) is 2.02. The summed E-state index contributed by atoms with van der Waals surface area (Å²) in [5.74, 6) is 0. The Morgan fingerprint density at radius 2 is 1.80 bits per heavy atom. The second-order valence-corrected chi connectivity index (χ2v) is 2.30. The van der Waals surface area contributed by atoms with Gasteiger partial charge >= 0.3 is 0 Å². The minimum absolute atomic E-state index is 0.697. The Bertz CT molecular complexity index is 212. The molecule has 0 aromatic carbocycles. The minimum Gasteiger partial charge on any atom is -0.292 e. The van der Waals surface area contributed by atoms with Crippen LogP contribution in [0.5, 0.6) is 0 Å². The lowest BCUT2D eigenvalue weighted by atomic mass is 10.1. The summed E-state index contributed by atoms with van der Waals surface area (Å²) < 4.78 is 0. The third-order valence-corrected chi connectivity index (χ3v) is 1.31. The van der Waals surface area contributed by atoms with Gasteiger partial charge in [-0.3, -0.25) is 4.99 Å². The van der Waals surface area contributed by atoms with E-state index in [0.717, 1.165) is 11.3 Å². The maximum absolute atomic E-state index is 8.61. The van der Waals surface area contributed by atoms with Gasteiger partial charge in [-0.2, -0.15) is 5.26 Å². The van der Waals surface area contributed by atoms with Gasteiger partial charge in [-0.05, 0) is 20.8 Å². The number of rotatable bonds is 1. The van der Waals surface area contributed by atoms with E-state index >= 15 is 0 Å². The molecule has 0 aliphatic heterocycles. The Morgan fingerprint density at radius 3 is 1.90 bits per heavy atom. The first kappa shape index (κ1) is 8.90. The summed E-state index contributed by atoms with van der Waals surface area (Å²) in [6.45, 7) is 5.66. The zero-order chi connectivity index (χ0) is 8.15. The molecule has 10 heavy (non-hydrogen) atoms. The molecular formula is C8H12N2. The second kappa shape index (κ2) is 3.84. The molecule has 0 aromatic heterocycles. The lowest BCUT2D eigenvalue weighted by molar-refractivity contribution is 1.32. The highest BCUT2D eigenvalue weighted by atomic mass is 14.7. The van der Waals surface area contributed by atoms with Crippen LogP contribution < -0.4 is 0 Å². The van der Waals surface area contributed by atoms with Gasteiger partial charge in [0.1, 0.15) is 6.07 Å². The SMILES string of the molecule is CN=C(C)C(C#N)=C(C)C. The van der Waals surface area contributed by atoms with Crippen molar-refractivity contribution in [2.24, 2.45) is 4.99 Å². The Labute approximate surface area is 61.9 Å². The first-order valence-electron chi connectivity index (χ1n) is 3.14. The maximum Gasteiger partial charge on any atom is 0.101 e. The molecule has 0 atom stereocenters. The summed E-state index contributed by atoms with van der Waals surface area (Å²) in [5.41, 5.74) is 2.52. The standard InChI is InChI=1S/C8H12N2/c1-6(2)8(5-9)7(3)10-4/h1-4H3. The monoisotopic (exact) mass is 136 g/mol. The molecule has 0 bridgehead atoms. The van der Waals surface area contributed by atoms with Crippen LogP contribution in [0.15, 0.2) is 16.1 Å². The highest BCUT2D eigenvalue weighted by molar-refractivity contribution is 6.02. The number of aliphatic imine (C=N–C) groups is 1. The van der Waals surface area contributed by atoms with Gasteiger partial charge in [0.15, 0.2) is 0 Å². The zero-order valence-corrected chi connectivity index (χ0v) is 6.89. The summed E-state index contributed by atoms with van der Waals surface area (Å²) in [6.07, 6.45) is 0. The smallest absolute Gasteiger partial charge is 0.101 e. The summed E-state index contributed by atoms with van der Waals surface area (Å²) in [6, 6.07) is 2.10. The van der Waals surface area contributed by atoms with E-state index in [1.165, 1.54) is 0 Å². The molecule has 0 aliphatic rings. The van der Waals surface area contributed by atoms with E-state index in [4.69, 9.17) is 5.26 Å². The third-order valence-electron chi connectivity index (χ3n) is 1.31. The number of nitriles is 1. The molecule has 2 heteroatoms. The highest BCUT2D eigenvalue weighted by Crippen LogP contribution is 2.03. The molecule has 2 nitrogen and oxygen atoms in total. The van der Waals surface area contributed by atoms with E-state index in [1.54, 1.807) is 7.05 Å². The maximum atomic E-state index is 8.61. The second-order valence-electron chi connectivity index (χ2n) is 2.30. The molecule has 0 rings (SSSR count). The molecule has 0 unspecified atom stereocenters. The highest BCUT2D eigenvalue weighted by Gasteiger charge is 1.99. The minimum atomic E-state index is 0.697. The summed E-state index contributed by atoms with van der Waals surface area (Å²) >= 11 is 0. The molecule has 0 saturated heterocycles. The average Bonchev–Trinajstić information content (AvgIpc) is 1.88. The Morgan fingerprint density at radius 1 is 1.30 bits per heavy atom. The Kier molecular flexibility index (Phi) is 3.42. The molecule has 0 radical (unpaired) electrons. The van der Waals surface area contributed by atoms with Crippen LogP contribution in [0.2, 0.25) is 0 Å². The number of hydrogen-bond acceptors (Lipinski definition) is 2. The van der Waals surface area contributed by atoms with Crippen LogP contribution >= 0.6 is 0 Å².